The topological polar surface area (TPSA) is 0 Å². The monoisotopic (exact) mass is 182 g/mol. The third-order valence-corrected chi connectivity index (χ3v) is 1.38. The first-order valence-corrected chi connectivity index (χ1v) is 3.07. The van der Waals surface area contributed by atoms with Crippen LogP contribution < -0.4 is 4.46 Å². The van der Waals surface area contributed by atoms with Gasteiger partial charge < -0.3 is 0 Å². The van der Waals surface area contributed by atoms with E-state index >= 15 is 0 Å². The molecule has 2 heteroatoms. The van der Waals surface area contributed by atoms with Crippen LogP contribution in [-0.4, -0.2) is 45.6 Å². The second-order valence-corrected chi connectivity index (χ2v) is 2.42. The maximum absolute atomic E-state index is 2.49. The zero-order valence-corrected chi connectivity index (χ0v) is 5.71. The molecule has 0 nitrogen and oxygen atoms in total. The van der Waals surface area contributed by atoms with E-state index < -0.39 is 0 Å². The molecular weight excluding hydrogens is 174 g/mol. The van der Waals surface area contributed by atoms with E-state index in [0.717, 1.165) is 0 Å². The quantitative estimate of drug-likeness (QED) is 0.476. The SMILES string of the molecule is [NaH].[SeH]c1ccccc1. The number of benzene rings is 1. The summed E-state index contributed by atoms with van der Waals surface area (Å²) in [6, 6.07) is 10.2. The molecule has 0 spiro atoms. The second-order valence-electron chi connectivity index (χ2n) is 1.34. The summed E-state index contributed by atoms with van der Waals surface area (Å²) in [6.07, 6.45) is 0. The standard InChI is InChI=1S/C6H6Se.Na.H/c7-6-4-2-1-3-5-6;;/h1-5,7H;;. The predicted molar refractivity (Wildman–Crippen MR) is 40.4 cm³/mol. The Morgan fingerprint density at radius 1 is 1.00 bits per heavy atom. The van der Waals surface area contributed by atoms with E-state index in [4.69, 9.17) is 0 Å². The number of rotatable bonds is 0. The van der Waals surface area contributed by atoms with Crippen molar-refractivity contribution in [3.05, 3.63) is 30.3 Å². The van der Waals surface area contributed by atoms with Gasteiger partial charge in [0.15, 0.2) is 0 Å². The van der Waals surface area contributed by atoms with E-state index in [1.54, 1.807) is 0 Å². The van der Waals surface area contributed by atoms with Gasteiger partial charge >= 0.3 is 80.4 Å². The Labute approximate surface area is 79.8 Å². The molecule has 0 saturated heterocycles. The van der Waals surface area contributed by atoms with Crippen molar-refractivity contribution >= 4 is 50.0 Å². The van der Waals surface area contributed by atoms with Crippen molar-refractivity contribution in [1.82, 2.24) is 0 Å². The predicted octanol–water partition coefficient (Wildman–Crippen LogP) is -0.436. The average molecular weight is 181 g/mol. The molecule has 1 aromatic rings. The molecule has 0 heterocycles. The molecule has 0 bridgehead atoms. The van der Waals surface area contributed by atoms with Gasteiger partial charge in [0.25, 0.3) is 0 Å². The summed E-state index contributed by atoms with van der Waals surface area (Å²) in [5.74, 6) is 0. The van der Waals surface area contributed by atoms with Crippen LogP contribution in [0.4, 0.5) is 0 Å². The Morgan fingerprint density at radius 3 is 1.75 bits per heavy atom. The molecule has 8 heavy (non-hydrogen) atoms. The third-order valence-electron chi connectivity index (χ3n) is 0.756. The van der Waals surface area contributed by atoms with E-state index in [1.165, 1.54) is 4.46 Å². The average Bonchev–Trinajstić information content (AvgIpc) is 1.69. The fourth-order valence-electron chi connectivity index (χ4n) is 0.428. The number of hydrogen-bond acceptors (Lipinski definition) is 0. The molecule has 0 amide bonds. The van der Waals surface area contributed by atoms with Gasteiger partial charge in [-0.2, -0.15) is 0 Å². The van der Waals surface area contributed by atoms with E-state index in [2.05, 4.69) is 28.1 Å². The Kier molecular flexibility index (Phi) is 5.03. The zero-order chi connectivity index (χ0) is 5.11. The minimum absolute atomic E-state index is 0. The van der Waals surface area contributed by atoms with Gasteiger partial charge in [0.1, 0.15) is 0 Å². The van der Waals surface area contributed by atoms with Gasteiger partial charge in [-0.3, -0.25) is 0 Å². The maximum atomic E-state index is 2.49. The first-order chi connectivity index (χ1) is 3.39. The molecule has 38 valence electrons. The van der Waals surface area contributed by atoms with Crippen LogP contribution in [0.2, 0.25) is 0 Å². The van der Waals surface area contributed by atoms with Crippen molar-refractivity contribution < 1.29 is 0 Å². The summed E-state index contributed by atoms with van der Waals surface area (Å²) in [6.45, 7) is 0. The van der Waals surface area contributed by atoms with E-state index in [9.17, 15) is 0 Å². The Balaban J connectivity index is 0.000000490. The summed E-state index contributed by atoms with van der Waals surface area (Å²) in [7, 11) is 0. The van der Waals surface area contributed by atoms with E-state index in [1.807, 2.05) is 18.2 Å². The van der Waals surface area contributed by atoms with Crippen molar-refractivity contribution in [2.24, 2.45) is 0 Å². The second kappa shape index (κ2) is 4.60. The Hall–Kier alpha value is 0.739. The zero-order valence-electron chi connectivity index (χ0n) is 3.83. The van der Waals surface area contributed by atoms with Crippen molar-refractivity contribution in [1.29, 1.82) is 0 Å². The van der Waals surface area contributed by atoms with Crippen molar-refractivity contribution in [2.75, 3.05) is 0 Å². The fraction of sp³-hybridized carbons (Fsp3) is 0. The summed E-state index contributed by atoms with van der Waals surface area (Å²) in [4.78, 5) is 0. The van der Waals surface area contributed by atoms with Gasteiger partial charge in [0, 0.05) is 0 Å². The third kappa shape index (κ3) is 2.91. The molecule has 0 saturated carbocycles. The summed E-state index contributed by atoms with van der Waals surface area (Å²) in [5.41, 5.74) is 0. The van der Waals surface area contributed by atoms with Gasteiger partial charge in [0.2, 0.25) is 0 Å². The molecule has 0 aliphatic rings. The van der Waals surface area contributed by atoms with Crippen LogP contribution in [0, 0.1) is 0 Å². The van der Waals surface area contributed by atoms with Crippen molar-refractivity contribution in [3.63, 3.8) is 0 Å². The molecule has 1 rings (SSSR count). The van der Waals surface area contributed by atoms with Gasteiger partial charge in [-0.05, 0) is 0 Å². The van der Waals surface area contributed by atoms with Gasteiger partial charge in [-0.25, -0.2) is 0 Å². The van der Waals surface area contributed by atoms with Crippen LogP contribution in [-0.2, 0) is 0 Å². The molecular formula is C6H7NaSe. The Bertz CT molecular complexity index is 138. The molecule has 0 unspecified atom stereocenters. The fourth-order valence-corrected chi connectivity index (χ4v) is 0.789. The normalized spacial score (nSPS) is 7.62. The first kappa shape index (κ1) is 8.74. The Morgan fingerprint density at radius 2 is 1.50 bits per heavy atom. The van der Waals surface area contributed by atoms with Gasteiger partial charge in [-0.1, -0.05) is 0 Å². The van der Waals surface area contributed by atoms with Crippen LogP contribution in [0.15, 0.2) is 30.3 Å². The molecule has 0 atom stereocenters. The van der Waals surface area contributed by atoms with Gasteiger partial charge in [0.05, 0.1) is 0 Å². The van der Waals surface area contributed by atoms with Crippen LogP contribution in [0.5, 0.6) is 0 Å². The summed E-state index contributed by atoms with van der Waals surface area (Å²) < 4.78 is 1.26. The van der Waals surface area contributed by atoms with E-state index in [-0.39, 0.29) is 29.6 Å². The van der Waals surface area contributed by atoms with Crippen LogP contribution >= 0.6 is 0 Å². The molecule has 0 radical (unpaired) electrons. The molecule has 1 aromatic carbocycles. The minimum atomic E-state index is 0. The van der Waals surface area contributed by atoms with Crippen LogP contribution in [0.25, 0.3) is 0 Å². The molecule has 0 aromatic heterocycles. The summed E-state index contributed by atoms with van der Waals surface area (Å²) in [5, 5.41) is 0. The summed E-state index contributed by atoms with van der Waals surface area (Å²) >= 11 is 2.49. The van der Waals surface area contributed by atoms with Crippen LogP contribution in [0.1, 0.15) is 0 Å². The van der Waals surface area contributed by atoms with E-state index in [0.29, 0.717) is 0 Å². The van der Waals surface area contributed by atoms with Crippen LogP contribution in [0.3, 0.4) is 0 Å². The molecule has 0 aliphatic heterocycles. The van der Waals surface area contributed by atoms with Gasteiger partial charge in [-0.15, -0.1) is 0 Å². The van der Waals surface area contributed by atoms with Crippen molar-refractivity contribution in [3.8, 4) is 0 Å². The van der Waals surface area contributed by atoms with Crippen molar-refractivity contribution in [2.45, 2.75) is 0 Å². The molecule has 0 N–H and O–H groups in total. The first-order valence-electron chi connectivity index (χ1n) is 2.13. The number of hydrogen-bond donors (Lipinski definition) is 0. The molecule has 0 fully saturated rings. The molecule has 0 aliphatic carbocycles.